The van der Waals surface area contributed by atoms with Crippen molar-refractivity contribution in [2.75, 3.05) is 13.6 Å². The highest BCUT2D eigenvalue weighted by atomic mass is 16.2. The number of benzene rings is 1. The summed E-state index contributed by atoms with van der Waals surface area (Å²) in [5.74, 6) is -1.83. The Kier molecular flexibility index (Phi) is 3.28. The van der Waals surface area contributed by atoms with Gasteiger partial charge in [0.2, 0.25) is 11.8 Å². The second-order valence-electron chi connectivity index (χ2n) is 6.60. The van der Waals surface area contributed by atoms with Crippen molar-refractivity contribution >= 4 is 23.6 Å². The number of amides is 4. The van der Waals surface area contributed by atoms with Gasteiger partial charge in [-0.1, -0.05) is 0 Å². The zero-order valence-corrected chi connectivity index (χ0v) is 13.3. The monoisotopic (exact) mass is 327 g/mol. The van der Waals surface area contributed by atoms with Crippen LogP contribution in [0.5, 0.6) is 0 Å². The molecule has 0 spiro atoms. The van der Waals surface area contributed by atoms with Gasteiger partial charge in [0.05, 0.1) is 11.1 Å². The summed E-state index contributed by atoms with van der Waals surface area (Å²) in [5.41, 5.74) is 2.86. The molecule has 124 valence electrons. The zero-order chi connectivity index (χ0) is 17.0. The van der Waals surface area contributed by atoms with Gasteiger partial charge >= 0.3 is 0 Å². The highest BCUT2D eigenvalue weighted by Gasteiger charge is 2.45. The van der Waals surface area contributed by atoms with E-state index in [2.05, 4.69) is 10.2 Å². The van der Waals surface area contributed by atoms with Crippen LogP contribution in [0.25, 0.3) is 0 Å². The van der Waals surface area contributed by atoms with Crippen molar-refractivity contribution in [2.24, 2.45) is 0 Å². The number of hydrogen-bond donors (Lipinski definition) is 1. The first-order valence-electron chi connectivity index (χ1n) is 8.01. The maximum Gasteiger partial charge on any atom is 0.262 e. The van der Waals surface area contributed by atoms with Crippen molar-refractivity contribution in [3.8, 4) is 0 Å². The third kappa shape index (κ3) is 2.16. The maximum atomic E-state index is 12.7. The van der Waals surface area contributed by atoms with E-state index in [-0.39, 0.29) is 18.7 Å². The van der Waals surface area contributed by atoms with Gasteiger partial charge < -0.3 is 4.90 Å². The highest BCUT2D eigenvalue weighted by molar-refractivity contribution is 6.23. The van der Waals surface area contributed by atoms with Crippen LogP contribution in [0.15, 0.2) is 12.1 Å². The third-order valence-electron chi connectivity index (χ3n) is 4.96. The smallest absolute Gasteiger partial charge is 0.262 e. The van der Waals surface area contributed by atoms with Gasteiger partial charge in [0.25, 0.3) is 11.8 Å². The molecule has 7 nitrogen and oxygen atoms in total. The van der Waals surface area contributed by atoms with Crippen molar-refractivity contribution in [1.82, 2.24) is 15.1 Å². The van der Waals surface area contributed by atoms with Crippen molar-refractivity contribution in [3.63, 3.8) is 0 Å². The first-order chi connectivity index (χ1) is 11.5. The average Bonchev–Trinajstić information content (AvgIpc) is 2.77. The van der Waals surface area contributed by atoms with Gasteiger partial charge in [-0.25, -0.2) is 0 Å². The fraction of sp³-hybridized carbons (Fsp3) is 0.412. The minimum Gasteiger partial charge on any atom is -0.302 e. The Hall–Kier alpha value is -2.54. The van der Waals surface area contributed by atoms with E-state index in [1.807, 2.05) is 7.05 Å². The van der Waals surface area contributed by atoms with Gasteiger partial charge in [0, 0.05) is 19.5 Å². The van der Waals surface area contributed by atoms with Crippen LogP contribution in [0, 0.1) is 0 Å². The summed E-state index contributed by atoms with van der Waals surface area (Å²) in [6.07, 6.45) is 1.14. The fourth-order valence-corrected chi connectivity index (χ4v) is 3.67. The predicted octanol–water partition coefficient (Wildman–Crippen LogP) is 0.0757. The zero-order valence-electron chi connectivity index (χ0n) is 13.3. The lowest BCUT2D eigenvalue weighted by molar-refractivity contribution is -0.136. The molecule has 1 N–H and O–H groups in total. The Morgan fingerprint density at radius 1 is 1.00 bits per heavy atom. The number of nitrogens with zero attached hydrogens (tertiary/aromatic N) is 2. The normalized spacial score (nSPS) is 24.0. The summed E-state index contributed by atoms with van der Waals surface area (Å²) < 4.78 is 0. The molecule has 1 aromatic rings. The topological polar surface area (TPSA) is 86.8 Å². The van der Waals surface area contributed by atoms with Gasteiger partial charge in [-0.05, 0) is 43.1 Å². The molecule has 3 aliphatic heterocycles. The second-order valence-corrected chi connectivity index (χ2v) is 6.60. The molecule has 1 aromatic carbocycles. The standard InChI is InChI=1S/C17H17N3O4/c1-19-5-4-9-6-11-12(7-10(9)8-19)17(24)20(16(11)23)13-2-3-14(21)18-15(13)22/h6-7,13H,2-5,8H2,1H3,(H,18,21,22). The Morgan fingerprint density at radius 2 is 1.67 bits per heavy atom. The Balaban J connectivity index is 1.71. The van der Waals surface area contributed by atoms with E-state index in [0.717, 1.165) is 35.5 Å². The summed E-state index contributed by atoms with van der Waals surface area (Å²) in [4.78, 5) is 52.0. The molecular formula is C17H17N3O4. The van der Waals surface area contributed by atoms with Crippen LogP contribution in [-0.4, -0.2) is 53.1 Å². The predicted molar refractivity (Wildman–Crippen MR) is 83.2 cm³/mol. The number of rotatable bonds is 1. The molecule has 1 saturated heterocycles. The molecule has 0 bridgehead atoms. The summed E-state index contributed by atoms with van der Waals surface area (Å²) in [6.45, 7) is 1.65. The maximum absolute atomic E-state index is 12.7. The van der Waals surface area contributed by atoms with E-state index in [9.17, 15) is 19.2 Å². The van der Waals surface area contributed by atoms with Gasteiger partial charge in [0.15, 0.2) is 0 Å². The number of carbonyl (C=O) groups excluding carboxylic acids is 4. The van der Waals surface area contributed by atoms with E-state index in [0.29, 0.717) is 11.1 Å². The SMILES string of the molecule is CN1CCc2cc3c(cc2C1)C(=O)N(C1CCC(=O)NC1=O)C3=O. The summed E-state index contributed by atoms with van der Waals surface area (Å²) in [5, 5.41) is 2.20. The lowest BCUT2D eigenvalue weighted by Crippen LogP contribution is -2.54. The number of imide groups is 2. The number of piperidine rings is 1. The van der Waals surface area contributed by atoms with Crippen LogP contribution in [0.1, 0.15) is 44.7 Å². The van der Waals surface area contributed by atoms with Gasteiger partial charge in [-0.15, -0.1) is 0 Å². The molecule has 4 amide bonds. The van der Waals surface area contributed by atoms with Crippen LogP contribution in [-0.2, 0) is 22.6 Å². The largest absolute Gasteiger partial charge is 0.302 e. The second kappa shape index (κ2) is 5.24. The number of nitrogens with one attached hydrogen (secondary N) is 1. The Bertz CT molecular complexity index is 801. The van der Waals surface area contributed by atoms with Crippen LogP contribution >= 0.6 is 0 Å². The molecule has 0 saturated carbocycles. The van der Waals surface area contributed by atoms with Gasteiger partial charge in [0.1, 0.15) is 6.04 Å². The summed E-state index contributed by atoms with van der Waals surface area (Å²) in [6, 6.07) is 2.67. The summed E-state index contributed by atoms with van der Waals surface area (Å²) >= 11 is 0. The quantitative estimate of drug-likeness (QED) is 0.738. The number of carbonyl (C=O) groups is 4. The van der Waals surface area contributed by atoms with Crippen molar-refractivity contribution in [3.05, 3.63) is 34.4 Å². The molecule has 0 aliphatic carbocycles. The molecule has 24 heavy (non-hydrogen) atoms. The highest BCUT2D eigenvalue weighted by Crippen LogP contribution is 2.31. The van der Waals surface area contributed by atoms with Crippen molar-refractivity contribution in [2.45, 2.75) is 31.8 Å². The van der Waals surface area contributed by atoms with E-state index < -0.39 is 23.8 Å². The molecule has 0 aromatic heterocycles. The van der Waals surface area contributed by atoms with E-state index in [1.54, 1.807) is 12.1 Å². The minimum atomic E-state index is -0.908. The molecule has 1 unspecified atom stereocenters. The van der Waals surface area contributed by atoms with Gasteiger partial charge in [-0.2, -0.15) is 0 Å². The fourth-order valence-electron chi connectivity index (χ4n) is 3.67. The van der Waals surface area contributed by atoms with E-state index in [1.165, 1.54) is 0 Å². The van der Waals surface area contributed by atoms with Gasteiger partial charge in [-0.3, -0.25) is 29.4 Å². The molecule has 3 aliphatic rings. The molecule has 1 atom stereocenters. The molecule has 0 radical (unpaired) electrons. The number of likely N-dealkylation sites (N-methyl/N-ethyl adjacent to an activating group) is 1. The number of fused-ring (bicyclic) bond motifs is 2. The average molecular weight is 327 g/mol. The lowest BCUT2D eigenvalue weighted by Gasteiger charge is -2.27. The molecule has 4 rings (SSSR count). The Labute approximate surface area is 138 Å². The van der Waals surface area contributed by atoms with Crippen LogP contribution in [0.4, 0.5) is 0 Å². The third-order valence-corrected chi connectivity index (χ3v) is 4.96. The van der Waals surface area contributed by atoms with Crippen LogP contribution < -0.4 is 5.32 Å². The molecule has 1 fully saturated rings. The van der Waals surface area contributed by atoms with E-state index >= 15 is 0 Å². The molecule has 7 heteroatoms. The van der Waals surface area contributed by atoms with Crippen LogP contribution in [0.3, 0.4) is 0 Å². The summed E-state index contributed by atoms with van der Waals surface area (Å²) in [7, 11) is 2.01. The van der Waals surface area contributed by atoms with Crippen molar-refractivity contribution in [1.29, 1.82) is 0 Å². The van der Waals surface area contributed by atoms with E-state index in [4.69, 9.17) is 0 Å². The lowest BCUT2D eigenvalue weighted by atomic mass is 9.94. The molecular weight excluding hydrogens is 310 g/mol. The first kappa shape index (κ1) is 15.0. The first-order valence-corrected chi connectivity index (χ1v) is 8.01. The van der Waals surface area contributed by atoms with Crippen molar-refractivity contribution < 1.29 is 19.2 Å². The Morgan fingerprint density at radius 3 is 2.33 bits per heavy atom. The number of hydrogen-bond acceptors (Lipinski definition) is 5. The molecule has 3 heterocycles. The minimum absolute atomic E-state index is 0.130. The van der Waals surface area contributed by atoms with Crippen LogP contribution in [0.2, 0.25) is 0 Å².